The Morgan fingerprint density at radius 1 is 0.862 bits per heavy atom. The number of rotatable bonds is 7. The molecule has 0 N–H and O–H groups in total. The Labute approximate surface area is 174 Å². The first kappa shape index (κ1) is 20.2. The standard InChI is InChI=1S/C25H32O4/c1-26-21-16-11-20(12-17-21)24-6-4-5-22(28-24)13-8-19-9-14-23(15-10-19)29-25-7-2-3-18-27-25/h9-12,14-17,22,24-25H,2-8,13,18H2,1H3/t22-,24+,25?/m0/s1. The summed E-state index contributed by atoms with van der Waals surface area (Å²) in [7, 11) is 1.70. The third-order valence-corrected chi connectivity index (χ3v) is 5.92. The predicted octanol–water partition coefficient (Wildman–Crippen LogP) is 5.84. The van der Waals surface area contributed by atoms with E-state index in [1.165, 1.54) is 24.0 Å². The molecule has 4 nitrogen and oxygen atoms in total. The minimum atomic E-state index is -0.0832. The molecule has 2 saturated heterocycles. The van der Waals surface area contributed by atoms with Crippen LogP contribution in [0.5, 0.6) is 11.5 Å². The van der Waals surface area contributed by atoms with E-state index in [1.54, 1.807) is 7.11 Å². The van der Waals surface area contributed by atoms with Crippen molar-refractivity contribution in [2.75, 3.05) is 13.7 Å². The molecule has 0 aromatic heterocycles. The molecule has 156 valence electrons. The van der Waals surface area contributed by atoms with E-state index in [-0.39, 0.29) is 12.4 Å². The van der Waals surface area contributed by atoms with Gasteiger partial charge in [-0.2, -0.15) is 0 Å². The number of hydrogen-bond acceptors (Lipinski definition) is 4. The Morgan fingerprint density at radius 3 is 2.38 bits per heavy atom. The summed E-state index contributed by atoms with van der Waals surface area (Å²) >= 11 is 0. The van der Waals surface area contributed by atoms with Gasteiger partial charge in [0, 0.05) is 6.42 Å². The first-order valence-electron chi connectivity index (χ1n) is 11.0. The molecule has 2 aliphatic heterocycles. The number of aryl methyl sites for hydroxylation is 1. The second-order valence-electron chi connectivity index (χ2n) is 8.05. The minimum absolute atomic E-state index is 0.0832. The van der Waals surface area contributed by atoms with Crippen LogP contribution >= 0.6 is 0 Å². The maximum atomic E-state index is 6.41. The molecule has 4 rings (SSSR count). The molecule has 2 aliphatic rings. The third-order valence-electron chi connectivity index (χ3n) is 5.92. The van der Waals surface area contributed by atoms with Crippen molar-refractivity contribution in [3.05, 3.63) is 59.7 Å². The second-order valence-corrected chi connectivity index (χ2v) is 8.05. The number of benzene rings is 2. The molecular weight excluding hydrogens is 364 g/mol. The number of ether oxygens (including phenoxy) is 4. The van der Waals surface area contributed by atoms with Crippen LogP contribution in [0, 0.1) is 0 Å². The van der Waals surface area contributed by atoms with Crippen LogP contribution in [0.4, 0.5) is 0 Å². The van der Waals surface area contributed by atoms with Gasteiger partial charge in [0.25, 0.3) is 0 Å². The smallest absolute Gasteiger partial charge is 0.199 e. The van der Waals surface area contributed by atoms with E-state index in [0.717, 1.165) is 56.6 Å². The average Bonchev–Trinajstić information content (AvgIpc) is 2.80. The van der Waals surface area contributed by atoms with Crippen LogP contribution in [0.15, 0.2) is 48.5 Å². The van der Waals surface area contributed by atoms with Crippen LogP contribution < -0.4 is 9.47 Å². The van der Waals surface area contributed by atoms with E-state index < -0.39 is 0 Å². The molecule has 0 aliphatic carbocycles. The Bertz CT molecular complexity index is 734. The summed E-state index contributed by atoms with van der Waals surface area (Å²) in [4.78, 5) is 0. The van der Waals surface area contributed by atoms with Gasteiger partial charge in [-0.1, -0.05) is 24.3 Å². The summed E-state index contributed by atoms with van der Waals surface area (Å²) in [5.41, 5.74) is 2.58. The van der Waals surface area contributed by atoms with Crippen LogP contribution in [0.1, 0.15) is 62.2 Å². The fraction of sp³-hybridized carbons (Fsp3) is 0.520. The zero-order valence-corrected chi connectivity index (χ0v) is 17.3. The Hall–Kier alpha value is -2.04. The zero-order valence-electron chi connectivity index (χ0n) is 17.3. The van der Waals surface area contributed by atoms with Gasteiger partial charge in [-0.3, -0.25) is 0 Å². The van der Waals surface area contributed by atoms with E-state index in [0.29, 0.717) is 6.10 Å². The lowest BCUT2D eigenvalue weighted by molar-refractivity contribution is -0.105. The Kier molecular flexibility index (Phi) is 7.07. The molecule has 0 saturated carbocycles. The van der Waals surface area contributed by atoms with E-state index in [2.05, 4.69) is 36.4 Å². The third kappa shape index (κ3) is 5.74. The van der Waals surface area contributed by atoms with Crippen LogP contribution in [0.2, 0.25) is 0 Å². The first-order chi connectivity index (χ1) is 14.3. The molecule has 0 spiro atoms. The highest BCUT2D eigenvalue weighted by atomic mass is 16.7. The summed E-state index contributed by atoms with van der Waals surface area (Å²) in [5.74, 6) is 1.79. The van der Waals surface area contributed by atoms with Crippen molar-refractivity contribution in [2.45, 2.75) is 69.9 Å². The van der Waals surface area contributed by atoms with Crippen molar-refractivity contribution in [1.29, 1.82) is 0 Å². The maximum absolute atomic E-state index is 6.41. The van der Waals surface area contributed by atoms with Gasteiger partial charge >= 0.3 is 0 Å². The minimum Gasteiger partial charge on any atom is -0.497 e. The number of hydrogen-bond donors (Lipinski definition) is 0. The van der Waals surface area contributed by atoms with Crippen LogP contribution in [-0.4, -0.2) is 26.1 Å². The fourth-order valence-corrected chi connectivity index (χ4v) is 4.19. The topological polar surface area (TPSA) is 36.9 Å². The zero-order chi connectivity index (χ0) is 19.9. The largest absolute Gasteiger partial charge is 0.497 e. The molecule has 0 bridgehead atoms. The van der Waals surface area contributed by atoms with Gasteiger partial charge < -0.3 is 18.9 Å². The predicted molar refractivity (Wildman–Crippen MR) is 113 cm³/mol. The first-order valence-corrected chi connectivity index (χ1v) is 11.0. The van der Waals surface area contributed by atoms with Crippen molar-refractivity contribution in [2.24, 2.45) is 0 Å². The molecule has 0 amide bonds. The van der Waals surface area contributed by atoms with Crippen molar-refractivity contribution in [3.63, 3.8) is 0 Å². The van der Waals surface area contributed by atoms with Crippen molar-refractivity contribution >= 4 is 0 Å². The molecule has 2 aromatic rings. The normalized spacial score (nSPS) is 24.8. The summed E-state index contributed by atoms with van der Waals surface area (Å²) in [5, 5.41) is 0. The second kappa shape index (κ2) is 10.1. The summed E-state index contributed by atoms with van der Waals surface area (Å²) in [6, 6.07) is 16.8. The lowest BCUT2D eigenvalue weighted by atomic mass is 9.95. The molecule has 2 heterocycles. The SMILES string of the molecule is COc1ccc([C@H]2CCC[C@@H](CCc3ccc(OC4CCCCO4)cc3)O2)cc1. The molecule has 0 radical (unpaired) electrons. The molecule has 2 aromatic carbocycles. The molecule has 2 fully saturated rings. The van der Waals surface area contributed by atoms with Crippen LogP contribution in [0.25, 0.3) is 0 Å². The van der Waals surface area contributed by atoms with Crippen molar-refractivity contribution < 1.29 is 18.9 Å². The highest BCUT2D eigenvalue weighted by Gasteiger charge is 2.23. The fourth-order valence-electron chi connectivity index (χ4n) is 4.19. The molecule has 4 heteroatoms. The highest BCUT2D eigenvalue weighted by Crippen LogP contribution is 2.33. The van der Waals surface area contributed by atoms with E-state index >= 15 is 0 Å². The Morgan fingerprint density at radius 2 is 1.66 bits per heavy atom. The molecule has 29 heavy (non-hydrogen) atoms. The molecular formula is C25H32O4. The van der Waals surface area contributed by atoms with E-state index in [9.17, 15) is 0 Å². The summed E-state index contributed by atoms with van der Waals surface area (Å²) < 4.78 is 23.3. The van der Waals surface area contributed by atoms with Gasteiger partial charge in [-0.15, -0.1) is 0 Å². The van der Waals surface area contributed by atoms with Crippen LogP contribution in [-0.2, 0) is 15.9 Å². The van der Waals surface area contributed by atoms with Crippen LogP contribution in [0.3, 0.4) is 0 Å². The summed E-state index contributed by atoms with van der Waals surface area (Å²) in [6.07, 6.45) is 9.28. The molecule has 1 unspecified atom stereocenters. The van der Waals surface area contributed by atoms with Gasteiger partial charge in [0.05, 0.1) is 25.9 Å². The van der Waals surface area contributed by atoms with E-state index in [4.69, 9.17) is 18.9 Å². The van der Waals surface area contributed by atoms with Gasteiger partial charge in [0.2, 0.25) is 0 Å². The maximum Gasteiger partial charge on any atom is 0.199 e. The molecule has 3 atom stereocenters. The highest BCUT2D eigenvalue weighted by molar-refractivity contribution is 5.29. The monoisotopic (exact) mass is 396 g/mol. The van der Waals surface area contributed by atoms with Gasteiger partial charge in [-0.25, -0.2) is 0 Å². The van der Waals surface area contributed by atoms with Gasteiger partial charge in [-0.05, 0) is 80.3 Å². The quantitative estimate of drug-likeness (QED) is 0.589. The number of methoxy groups -OCH3 is 1. The summed E-state index contributed by atoms with van der Waals surface area (Å²) in [6.45, 7) is 0.807. The average molecular weight is 397 g/mol. The lowest BCUT2D eigenvalue weighted by Crippen LogP contribution is -2.25. The van der Waals surface area contributed by atoms with Gasteiger partial charge in [0.1, 0.15) is 11.5 Å². The lowest BCUT2D eigenvalue weighted by Gasteiger charge is -2.30. The van der Waals surface area contributed by atoms with E-state index in [1.807, 2.05) is 12.1 Å². The van der Waals surface area contributed by atoms with Gasteiger partial charge in [0.15, 0.2) is 6.29 Å². The van der Waals surface area contributed by atoms with Crippen molar-refractivity contribution in [3.8, 4) is 11.5 Å². The van der Waals surface area contributed by atoms with Crippen molar-refractivity contribution in [1.82, 2.24) is 0 Å². The Balaban J connectivity index is 1.25.